The van der Waals surface area contributed by atoms with Crippen LogP contribution < -0.4 is 0 Å². The normalized spacial score (nSPS) is 9.64. The third-order valence-corrected chi connectivity index (χ3v) is 0.902. The molecule has 0 heterocycles. The van der Waals surface area contributed by atoms with Crippen molar-refractivity contribution >= 4 is 23.2 Å². The quantitative estimate of drug-likeness (QED) is 0.481. The van der Waals surface area contributed by atoms with E-state index in [4.69, 9.17) is 32.7 Å². The van der Waals surface area contributed by atoms with Crippen LogP contribution in [0, 0.1) is 0 Å². The summed E-state index contributed by atoms with van der Waals surface area (Å²) >= 11 is 10.8. The third kappa shape index (κ3) is 9.98. The highest BCUT2D eigenvalue weighted by Crippen LogP contribution is 1.99. The average molecular weight is 197 g/mol. The third-order valence-electron chi connectivity index (χ3n) is 0.684. The Morgan fingerprint density at radius 1 is 1.00 bits per heavy atom. The van der Waals surface area contributed by atoms with Crippen molar-refractivity contribution < 1.29 is 9.47 Å². The van der Waals surface area contributed by atoms with E-state index in [1.165, 1.54) is 0 Å². The molecular formula is C7H10Cl2O2. The molecular weight excluding hydrogens is 187 g/mol. The van der Waals surface area contributed by atoms with Gasteiger partial charge in [-0.1, -0.05) is 36.4 Å². The molecule has 4 heteroatoms. The standard InChI is InChI=1S/C7H10Cl2O2/c1-6(8)3-10-5-11-4-7(2)9/h1-5H2. The van der Waals surface area contributed by atoms with Gasteiger partial charge in [0.1, 0.15) is 6.79 Å². The average Bonchev–Trinajstić information content (AvgIpc) is 1.85. The fourth-order valence-electron chi connectivity index (χ4n) is 0.364. The van der Waals surface area contributed by atoms with E-state index >= 15 is 0 Å². The predicted molar refractivity (Wildman–Crippen MR) is 46.8 cm³/mol. The van der Waals surface area contributed by atoms with E-state index in [0.29, 0.717) is 10.1 Å². The van der Waals surface area contributed by atoms with Gasteiger partial charge in [-0.25, -0.2) is 0 Å². The molecule has 0 aromatic carbocycles. The zero-order valence-electron chi connectivity index (χ0n) is 6.11. The maximum absolute atomic E-state index is 5.40. The number of hydrogen-bond donors (Lipinski definition) is 0. The molecule has 0 atom stereocenters. The van der Waals surface area contributed by atoms with Crippen LogP contribution in [0.25, 0.3) is 0 Å². The number of ether oxygens (including phenoxy) is 2. The van der Waals surface area contributed by atoms with Crippen LogP contribution in [0.1, 0.15) is 0 Å². The first kappa shape index (κ1) is 11.0. The Labute approximate surface area is 76.4 Å². The molecule has 0 aliphatic carbocycles. The van der Waals surface area contributed by atoms with Gasteiger partial charge in [-0.3, -0.25) is 0 Å². The maximum Gasteiger partial charge on any atom is 0.147 e. The second kappa shape index (κ2) is 6.68. The van der Waals surface area contributed by atoms with E-state index in [9.17, 15) is 0 Å². The molecule has 0 aliphatic rings. The Kier molecular flexibility index (Phi) is 6.66. The highest BCUT2D eigenvalue weighted by molar-refractivity contribution is 6.29. The summed E-state index contributed by atoms with van der Waals surface area (Å²) in [6.07, 6.45) is 0. The lowest BCUT2D eigenvalue weighted by molar-refractivity contribution is -0.0347. The van der Waals surface area contributed by atoms with Crippen LogP contribution in [0.15, 0.2) is 23.2 Å². The Hall–Kier alpha value is -0.0200. The van der Waals surface area contributed by atoms with Gasteiger partial charge in [-0.2, -0.15) is 0 Å². The van der Waals surface area contributed by atoms with Crippen LogP contribution >= 0.6 is 23.2 Å². The minimum atomic E-state index is 0.150. The van der Waals surface area contributed by atoms with Gasteiger partial charge in [0.15, 0.2) is 0 Å². The van der Waals surface area contributed by atoms with Gasteiger partial charge in [-0.05, 0) is 0 Å². The largest absolute Gasteiger partial charge is 0.350 e. The van der Waals surface area contributed by atoms with Crippen molar-refractivity contribution in [3.63, 3.8) is 0 Å². The molecule has 64 valence electrons. The van der Waals surface area contributed by atoms with Crippen LogP contribution in [0.3, 0.4) is 0 Å². The molecule has 2 nitrogen and oxygen atoms in total. The smallest absolute Gasteiger partial charge is 0.147 e. The first-order valence-electron chi connectivity index (χ1n) is 2.95. The summed E-state index contributed by atoms with van der Waals surface area (Å²) in [5, 5.41) is 0.886. The van der Waals surface area contributed by atoms with Crippen molar-refractivity contribution in [1.82, 2.24) is 0 Å². The summed E-state index contributed by atoms with van der Waals surface area (Å²) in [5.41, 5.74) is 0. The molecule has 0 N–H and O–H groups in total. The minimum absolute atomic E-state index is 0.150. The molecule has 11 heavy (non-hydrogen) atoms. The van der Waals surface area contributed by atoms with Crippen molar-refractivity contribution in [3.8, 4) is 0 Å². The van der Waals surface area contributed by atoms with Gasteiger partial charge < -0.3 is 9.47 Å². The van der Waals surface area contributed by atoms with Crippen molar-refractivity contribution in [3.05, 3.63) is 23.2 Å². The van der Waals surface area contributed by atoms with E-state index in [1.807, 2.05) is 0 Å². The Balaban J connectivity index is 3.03. The van der Waals surface area contributed by atoms with Crippen molar-refractivity contribution in [1.29, 1.82) is 0 Å². The van der Waals surface area contributed by atoms with Gasteiger partial charge in [0.05, 0.1) is 13.2 Å². The van der Waals surface area contributed by atoms with Gasteiger partial charge >= 0.3 is 0 Å². The second-order valence-corrected chi connectivity index (χ2v) is 2.92. The minimum Gasteiger partial charge on any atom is -0.350 e. The van der Waals surface area contributed by atoms with E-state index < -0.39 is 0 Å². The van der Waals surface area contributed by atoms with Crippen LogP contribution in [0.2, 0.25) is 0 Å². The summed E-state index contributed by atoms with van der Waals surface area (Å²) in [6, 6.07) is 0. The van der Waals surface area contributed by atoms with Gasteiger partial charge in [-0.15, -0.1) is 0 Å². The summed E-state index contributed by atoms with van der Waals surface area (Å²) < 4.78 is 9.78. The molecule has 0 amide bonds. The van der Waals surface area contributed by atoms with Crippen LogP contribution in [-0.2, 0) is 9.47 Å². The molecule has 0 saturated carbocycles. The van der Waals surface area contributed by atoms with Crippen molar-refractivity contribution in [2.75, 3.05) is 20.0 Å². The monoisotopic (exact) mass is 196 g/mol. The lowest BCUT2D eigenvalue weighted by Crippen LogP contribution is -2.02. The first-order valence-corrected chi connectivity index (χ1v) is 3.70. The highest BCUT2D eigenvalue weighted by Gasteiger charge is 1.90. The summed E-state index contributed by atoms with van der Waals surface area (Å²) in [4.78, 5) is 0. The lowest BCUT2D eigenvalue weighted by atomic mass is 10.7. The molecule has 0 aliphatic heterocycles. The van der Waals surface area contributed by atoms with Crippen LogP contribution in [0.4, 0.5) is 0 Å². The summed E-state index contributed by atoms with van der Waals surface area (Å²) in [6.45, 7) is 7.58. The van der Waals surface area contributed by atoms with Crippen molar-refractivity contribution in [2.45, 2.75) is 0 Å². The highest BCUT2D eigenvalue weighted by atomic mass is 35.5. The predicted octanol–water partition coefficient (Wildman–Crippen LogP) is 2.48. The molecule has 0 fully saturated rings. The van der Waals surface area contributed by atoms with Gasteiger partial charge in [0.25, 0.3) is 0 Å². The molecule has 0 bridgehead atoms. The fourth-order valence-corrected chi connectivity index (χ4v) is 0.518. The first-order chi connectivity index (χ1) is 5.13. The molecule has 0 rings (SSSR count). The van der Waals surface area contributed by atoms with E-state index in [1.54, 1.807) is 0 Å². The second-order valence-electron chi connectivity index (χ2n) is 1.85. The topological polar surface area (TPSA) is 18.5 Å². The Morgan fingerprint density at radius 2 is 1.36 bits per heavy atom. The zero-order valence-corrected chi connectivity index (χ0v) is 7.62. The van der Waals surface area contributed by atoms with Gasteiger partial charge in [0, 0.05) is 10.1 Å². The molecule has 0 aromatic rings. The van der Waals surface area contributed by atoms with E-state index in [2.05, 4.69) is 13.2 Å². The maximum atomic E-state index is 5.40. The number of halogens is 2. The van der Waals surface area contributed by atoms with Crippen molar-refractivity contribution in [2.24, 2.45) is 0 Å². The molecule has 0 radical (unpaired) electrons. The Bertz CT molecular complexity index is 129. The SMILES string of the molecule is C=C(Cl)COCOCC(=C)Cl. The van der Waals surface area contributed by atoms with Crippen LogP contribution in [-0.4, -0.2) is 20.0 Å². The fraction of sp³-hybridized carbons (Fsp3) is 0.429. The number of rotatable bonds is 6. The number of hydrogen-bond acceptors (Lipinski definition) is 2. The summed E-state index contributed by atoms with van der Waals surface area (Å²) in [5.74, 6) is 0. The lowest BCUT2D eigenvalue weighted by Gasteiger charge is -2.02. The Morgan fingerprint density at radius 3 is 1.64 bits per heavy atom. The van der Waals surface area contributed by atoms with Gasteiger partial charge in [0.2, 0.25) is 0 Å². The molecule has 0 saturated heterocycles. The van der Waals surface area contributed by atoms with E-state index in [0.717, 1.165) is 0 Å². The summed E-state index contributed by atoms with van der Waals surface area (Å²) in [7, 11) is 0. The molecule has 0 spiro atoms. The zero-order chi connectivity index (χ0) is 8.69. The molecule has 0 unspecified atom stereocenters. The van der Waals surface area contributed by atoms with E-state index in [-0.39, 0.29) is 20.0 Å². The molecule has 0 aromatic heterocycles. The van der Waals surface area contributed by atoms with Crippen LogP contribution in [0.5, 0.6) is 0 Å².